The lowest BCUT2D eigenvalue weighted by Crippen LogP contribution is -2.50. The number of benzene rings is 3. The Kier molecular flexibility index (Phi) is 6.14. The molecule has 1 unspecified atom stereocenters. The van der Waals surface area contributed by atoms with Crippen LogP contribution in [0, 0.1) is 5.92 Å². The van der Waals surface area contributed by atoms with E-state index in [-0.39, 0.29) is 17.9 Å². The smallest absolute Gasteiger partial charge is 0.112 e. The molecule has 3 aromatic carbocycles. The molecule has 5 rings (SSSR count). The lowest BCUT2D eigenvalue weighted by Gasteiger charge is -2.42. The van der Waals surface area contributed by atoms with Gasteiger partial charge >= 0.3 is 0 Å². The first kappa shape index (κ1) is 20.4. The molecular formula is C27H30N2O2. The highest BCUT2D eigenvalue weighted by Crippen LogP contribution is 2.39. The molecule has 0 aliphatic carbocycles. The van der Waals surface area contributed by atoms with Crippen molar-refractivity contribution >= 4 is 0 Å². The highest BCUT2D eigenvalue weighted by Gasteiger charge is 2.40. The molecule has 0 amide bonds. The lowest BCUT2D eigenvalue weighted by molar-refractivity contribution is -0.118. The third kappa shape index (κ3) is 4.17. The van der Waals surface area contributed by atoms with Gasteiger partial charge in [0.25, 0.3) is 0 Å². The van der Waals surface area contributed by atoms with E-state index in [0.717, 1.165) is 19.6 Å². The summed E-state index contributed by atoms with van der Waals surface area (Å²) in [4.78, 5) is 2.24. The van der Waals surface area contributed by atoms with E-state index in [4.69, 9.17) is 4.74 Å². The van der Waals surface area contributed by atoms with Gasteiger partial charge in [0.05, 0.1) is 19.3 Å². The molecular weight excluding hydrogens is 384 g/mol. The molecule has 2 aliphatic rings. The van der Waals surface area contributed by atoms with Crippen LogP contribution in [0.15, 0.2) is 84.9 Å². The Morgan fingerprint density at radius 2 is 1.58 bits per heavy atom. The van der Waals surface area contributed by atoms with Crippen molar-refractivity contribution < 1.29 is 9.84 Å². The summed E-state index contributed by atoms with van der Waals surface area (Å²) >= 11 is 0. The second kappa shape index (κ2) is 9.33. The summed E-state index contributed by atoms with van der Waals surface area (Å²) in [6.07, 6.45) is -0.530. The van der Waals surface area contributed by atoms with Crippen LogP contribution in [-0.2, 0) is 4.74 Å². The Labute approximate surface area is 184 Å². The van der Waals surface area contributed by atoms with E-state index >= 15 is 0 Å². The molecule has 2 N–H and O–H groups in total. The minimum atomic E-state index is -0.530. The average molecular weight is 415 g/mol. The van der Waals surface area contributed by atoms with Crippen LogP contribution in [0.1, 0.15) is 23.1 Å². The van der Waals surface area contributed by atoms with Crippen LogP contribution >= 0.6 is 0 Å². The Morgan fingerprint density at radius 3 is 2.39 bits per heavy atom. The van der Waals surface area contributed by atoms with E-state index in [9.17, 15) is 5.11 Å². The van der Waals surface area contributed by atoms with Gasteiger partial charge in [-0.1, -0.05) is 84.9 Å². The Bertz CT molecular complexity index is 979. The van der Waals surface area contributed by atoms with Gasteiger partial charge in [0, 0.05) is 31.5 Å². The zero-order chi connectivity index (χ0) is 21.0. The van der Waals surface area contributed by atoms with Crippen LogP contribution in [0.4, 0.5) is 0 Å². The van der Waals surface area contributed by atoms with E-state index in [2.05, 4.69) is 89.1 Å². The SMILES string of the molecule is OC([C@@H]1CNC[C@H]1c1ccccc1-c1ccccc1)N1CCOC[C@@H]1c1ccccc1. The third-order valence-electron chi connectivity index (χ3n) is 6.78. The van der Waals surface area contributed by atoms with Gasteiger partial charge in [-0.3, -0.25) is 4.90 Å². The number of ether oxygens (including phenoxy) is 1. The normalized spacial score (nSPS) is 25.4. The molecule has 2 aliphatic heterocycles. The average Bonchev–Trinajstić information content (AvgIpc) is 3.34. The zero-order valence-corrected chi connectivity index (χ0v) is 17.7. The van der Waals surface area contributed by atoms with Gasteiger partial charge in [-0.15, -0.1) is 0 Å². The number of aliphatic hydroxyl groups excluding tert-OH is 1. The van der Waals surface area contributed by atoms with E-state index in [1.54, 1.807) is 0 Å². The second-order valence-corrected chi connectivity index (χ2v) is 8.53. The molecule has 4 heteroatoms. The lowest BCUT2D eigenvalue weighted by atomic mass is 9.82. The molecule has 31 heavy (non-hydrogen) atoms. The number of hydrogen-bond acceptors (Lipinski definition) is 4. The van der Waals surface area contributed by atoms with Crippen LogP contribution in [0.2, 0.25) is 0 Å². The van der Waals surface area contributed by atoms with Crippen LogP contribution in [0.5, 0.6) is 0 Å². The van der Waals surface area contributed by atoms with Crippen molar-refractivity contribution in [1.82, 2.24) is 10.2 Å². The van der Waals surface area contributed by atoms with Crippen molar-refractivity contribution in [3.05, 3.63) is 96.1 Å². The molecule has 0 bridgehead atoms. The fourth-order valence-corrected chi connectivity index (χ4v) is 5.20. The summed E-state index contributed by atoms with van der Waals surface area (Å²) in [5.41, 5.74) is 5.00. The number of rotatable bonds is 5. The Balaban J connectivity index is 1.44. The fraction of sp³-hybridized carbons (Fsp3) is 0.333. The van der Waals surface area contributed by atoms with E-state index in [1.165, 1.54) is 22.3 Å². The van der Waals surface area contributed by atoms with Gasteiger partial charge < -0.3 is 15.2 Å². The first-order chi connectivity index (χ1) is 15.3. The Morgan fingerprint density at radius 1 is 0.871 bits per heavy atom. The summed E-state index contributed by atoms with van der Waals surface area (Å²) in [7, 11) is 0. The largest absolute Gasteiger partial charge is 0.378 e. The van der Waals surface area contributed by atoms with Gasteiger partial charge in [0.1, 0.15) is 6.23 Å². The number of morpholine rings is 1. The maximum atomic E-state index is 11.6. The molecule has 2 heterocycles. The van der Waals surface area contributed by atoms with Crippen molar-refractivity contribution in [1.29, 1.82) is 0 Å². The van der Waals surface area contributed by atoms with Crippen molar-refractivity contribution in [2.45, 2.75) is 18.2 Å². The van der Waals surface area contributed by atoms with Crippen molar-refractivity contribution in [3.8, 4) is 11.1 Å². The predicted octanol–water partition coefficient (Wildman–Crippen LogP) is 4.05. The summed E-state index contributed by atoms with van der Waals surface area (Å²) in [5, 5.41) is 15.2. The molecule has 0 radical (unpaired) electrons. The minimum absolute atomic E-state index is 0.0792. The maximum absolute atomic E-state index is 11.6. The summed E-state index contributed by atoms with van der Waals surface area (Å²) < 4.78 is 5.80. The van der Waals surface area contributed by atoms with Gasteiger partial charge in [-0.05, 0) is 22.3 Å². The molecule has 4 atom stereocenters. The quantitative estimate of drug-likeness (QED) is 0.661. The number of nitrogens with zero attached hydrogens (tertiary/aromatic N) is 1. The van der Waals surface area contributed by atoms with Gasteiger partial charge in [0.15, 0.2) is 0 Å². The highest BCUT2D eigenvalue weighted by atomic mass is 16.5. The highest BCUT2D eigenvalue weighted by molar-refractivity contribution is 5.68. The van der Waals surface area contributed by atoms with Crippen LogP contribution < -0.4 is 5.32 Å². The van der Waals surface area contributed by atoms with Crippen molar-refractivity contribution in [3.63, 3.8) is 0 Å². The summed E-state index contributed by atoms with van der Waals surface area (Å²) in [6.45, 7) is 3.71. The summed E-state index contributed by atoms with van der Waals surface area (Å²) in [5.74, 6) is 0.375. The van der Waals surface area contributed by atoms with Crippen molar-refractivity contribution in [2.24, 2.45) is 5.92 Å². The van der Waals surface area contributed by atoms with Gasteiger partial charge in [-0.2, -0.15) is 0 Å². The molecule has 2 saturated heterocycles. The standard InChI is InChI=1S/C27H30N2O2/c30-27(29-15-16-31-19-26(29)21-11-5-2-6-12-21)25-18-28-17-24(25)23-14-8-7-13-22(23)20-9-3-1-4-10-20/h1-14,24-28,30H,15-19H2/t24-,25+,26+,27?/m0/s1. The predicted molar refractivity (Wildman–Crippen MR) is 124 cm³/mol. The first-order valence-corrected chi connectivity index (χ1v) is 11.2. The monoisotopic (exact) mass is 414 g/mol. The second-order valence-electron chi connectivity index (χ2n) is 8.53. The number of hydrogen-bond donors (Lipinski definition) is 2. The van der Waals surface area contributed by atoms with Crippen LogP contribution in [0.25, 0.3) is 11.1 Å². The summed E-state index contributed by atoms with van der Waals surface area (Å²) in [6, 6.07) is 29.7. The van der Waals surface area contributed by atoms with Crippen LogP contribution in [-0.4, -0.2) is 49.1 Å². The minimum Gasteiger partial charge on any atom is -0.378 e. The molecule has 2 fully saturated rings. The molecule has 0 saturated carbocycles. The van der Waals surface area contributed by atoms with E-state index < -0.39 is 6.23 Å². The molecule has 160 valence electrons. The van der Waals surface area contributed by atoms with E-state index in [1.807, 2.05) is 6.07 Å². The molecule has 0 spiro atoms. The third-order valence-corrected chi connectivity index (χ3v) is 6.78. The van der Waals surface area contributed by atoms with Crippen molar-refractivity contribution in [2.75, 3.05) is 32.8 Å². The number of nitrogens with one attached hydrogen (secondary N) is 1. The molecule has 4 nitrogen and oxygen atoms in total. The van der Waals surface area contributed by atoms with Gasteiger partial charge in [0.2, 0.25) is 0 Å². The molecule has 3 aromatic rings. The maximum Gasteiger partial charge on any atom is 0.112 e. The van der Waals surface area contributed by atoms with Gasteiger partial charge in [-0.25, -0.2) is 0 Å². The fourth-order valence-electron chi connectivity index (χ4n) is 5.20. The zero-order valence-electron chi connectivity index (χ0n) is 17.7. The first-order valence-electron chi connectivity index (χ1n) is 11.2. The Hall–Kier alpha value is -2.50. The topological polar surface area (TPSA) is 44.7 Å². The number of aliphatic hydroxyl groups is 1. The van der Waals surface area contributed by atoms with Crippen LogP contribution in [0.3, 0.4) is 0 Å². The van der Waals surface area contributed by atoms with E-state index in [0.29, 0.717) is 13.2 Å². The molecule has 0 aromatic heterocycles.